The molecule has 1 saturated heterocycles. The normalized spacial score (nSPS) is 25.6. The average Bonchev–Trinajstić information content (AvgIpc) is 2.39. The van der Waals surface area contributed by atoms with E-state index < -0.39 is 0 Å². The molecule has 3 heteroatoms. The highest BCUT2D eigenvalue weighted by molar-refractivity contribution is 8.00. The molecule has 0 saturated carbocycles. The minimum Gasteiger partial charge on any atom is -0.324 e. The molecule has 0 aliphatic carbocycles. The summed E-state index contributed by atoms with van der Waals surface area (Å²) in [5.41, 5.74) is 10.3. The van der Waals surface area contributed by atoms with Gasteiger partial charge in [0.1, 0.15) is 0 Å². The monoisotopic (exact) mass is 292 g/mol. The van der Waals surface area contributed by atoms with Gasteiger partial charge in [0.2, 0.25) is 0 Å². The molecular formula is C17H28N2S. The fraction of sp³-hybridized carbons (Fsp3) is 0.647. The summed E-state index contributed by atoms with van der Waals surface area (Å²) in [7, 11) is 0. The summed E-state index contributed by atoms with van der Waals surface area (Å²) in [6.07, 6.45) is 1.05. The minimum absolute atomic E-state index is 0.158. The van der Waals surface area contributed by atoms with Crippen LogP contribution in [0.2, 0.25) is 0 Å². The largest absolute Gasteiger partial charge is 0.324 e. The fourth-order valence-electron chi connectivity index (χ4n) is 3.01. The molecule has 1 fully saturated rings. The summed E-state index contributed by atoms with van der Waals surface area (Å²) in [4.78, 5) is 2.60. The SMILES string of the molecule is Cc1cc(C)cc(C(N)CCN2CCSC(C)C2C)c1. The van der Waals surface area contributed by atoms with E-state index in [0.29, 0.717) is 6.04 Å². The topological polar surface area (TPSA) is 29.3 Å². The molecule has 2 rings (SSSR count). The number of rotatable bonds is 4. The van der Waals surface area contributed by atoms with Crippen molar-refractivity contribution in [1.29, 1.82) is 0 Å². The van der Waals surface area contributed by atoms with E-state index in [-0.39, 0.29) is 6.04 Å². The Morgan fingerprint density at radius 3 is 2.55 bits per heavy atom. The molecule has 1 aromatic rings. The lowest BCUT2D eigenvalue weighted by atomic mass is 9.99. The van der Waals surface area contributed by atoms with Crippen molar-refractivity contribution in [2.75, 3.05) is 18.8 Å². The van der Waals surface area contributed by atoms with Crippen molar-refractivity contribution in [1.82, 2.24) is 4.90 Å². The number of benzene rings is 1. The van der Waals surface area contributed by atoms with E-state index in [1.165, 1.54) is 29.0 Å². The number of nitrogens with two attached hydrogens (primary N) is 1. The Hall–Kier alpha value is -0.510. The van der Waals surface area contributed by atoms with Gasteiger partial charge in [-0.3, -0.25) is 4.90 Å². The van der Waals surface area contributed by atoms with Gasteiger partial charge in [0.15, 0.2) is 0 Å². The lowest BCUT2D eigenvalue weighted by molar-refractivity contribution is 0.205. The molecular weight excluding hydrogens is 264 g/mol. The van der Waals surface area contributed by atoms with Crippen LogP contribution in [0.15, 0.2) is 18.2 Å². The Balaban J connectivity index is 1.92. The fourth-order valence-corrected chi connectivity index (χ4v) is 4.17. The molecule has 0 amide bonds. The van der Waals surface area contributed by atoms with Crippen LogP contribution < -0.4 is 5.73 Å². The quantitative estimate of drug-likeness (QED) is 0.920. The van der Waals surface area contributed by atoms with Crippen LogP contribution >= 0.6 is 11.8 Å². The molecule has 1 heterocycles. The molecule has 1 aliphatic rings. The van der Waals surface area contributed by atoms with E-state index in [2.05, 4.69) is 62.6 Å². The van der Waals surface area contributed by atoms with Crippen LogP contribution in [0.25, 0.3) is 0 Å². The summed E-state index contributed by atoms with van der Waals surface area (Å²) < 4.78 is 0. The van der Waals surface area contributed by atoms with Crippen LogP contribution in [0.3, 0.4) is 0 Å². The number of thioether (sulfide) groups is 1. The van der Waals surface area contributed by atoms with Gasteiger partial charge in [-0.1, -0.05) is 36.2 Å². The van der Waals surface area contributed by atoms with Gasteiger partial charge in [-0.15, -0.1) is 0 Å². The molecule has 0 bridgehead atoms. The van der Waals surface area contributed by atoms with E-state index in [4.69, 9.17) is 5.73 Å². The summed E-state index contributed by atoms with van der Waals surface area (Å²) in [6, 6.07) is 7.50. The number of aryl methyl sites for hydroxylation is 2. The molecule has 1 aliphatic heterocycles. The van der Waals surface area contributed by atoms with E-state index in [0.717, 1.165) is 18.2 Å². The van der Waals surface area contributed by atoms with E-state index in [1.54, 1.807) is 0 Å². The molecule has 2 N–H and O–H groups in total. The predicted molar refractivity (Wildman–Crippen MR) is 90.4 cm³/mol. The van der Waals surface area contributed by atoms with Crippen LogP contribution in [0, 0.1) is 13.8 Å². The van der Waals surface area contributed by atoms with Crippen LogP contribution in [0.4, 0.5) is 0 Å². The van der Waals surface area contributed by atoms with Gasteiger partial charge in [-0.05, 0) is 32.8 Å². The van der Waals surface area contributed by atoms with E-state index in [9.17, 15) is 0 Å². The second-order valence-electron chi connectivity index (χ2n) is 6.17. The molecule has 20 heavy (non-hydrogen) atoms. The standard InChI is InChI=1S/C17H28N2S/c1-12-9-13(2)11-16(10-12)17(18)5-6-19-7-8-20-15(4)14(19)3/h9-11,14-15,17H,5-8,18H2,1-4H3. The first-order valence-corrected chi connectivity index (χ1v) is 8.71. The van der Waals surface area contributed by atoms with Crippen LogP contribution in [0.5, 0.6) is 0 Å². The molecule has 112 valence electrons. The van der Waals surface area contributed by atoms with Gasteiger partial charge >= 0.3 is 0 Å². The molecule has 3 atom stereocenters. The third-order valence-corrected chi connectivity index (χ3v) is 5.75. The van der Waals surface area contributed by atoms with Gasteiger partial charge in [-0.2, -0.15) is 11.8 Å². The third kappa shape index (κ3) is 4.00. The van der Waals surface area contributed by atoms with Crippen molar-refractivity contribution in [2.24, 2.45) is 5.73 Å². The Labute approximate surface area is 128 Å². The number of nitrogens with zero attached hydrogens (tertiary/aromatic N) is 1. The predicted octanol–water partition coefficient (Wildman–Crippen LogP) is 3.52. The highest BCUT2D eigenvalue weighted by Crippen LogP contribution is 2.25. The van der Waals surface area contributed by atoms with Gasteiger partial charge in [0.05, 0.1) is 0 Å². The van der Waals surface area contributed by atoms with Gasteiger partial charge in [-0.25, -0.2) is 0 Å². The Bertz CT molecular complexity index is 426. The van der Waals surface area contributed by atoms with Crippen molar-refractivity contribution in [3.05, 3.63) is 34.9 Å². The minimum atomic E-state index is 0.158. The summed E-state index contributed by atoms with van der Waals surface area (Å²) in [5, 5.41) is 0.737. The van der Waals surface area contributed by atoms with Crippen molar-refractivity contribution >= 4 is 11.8 Å². The Kier molecular flexibility index (Phi) is 5.53. The third-order valence-electron chi connectivity index (χ3n) is 4.41. The second-order valence-corrected chi connectivity index (χ2v) is 7.65. The highest BCUT2D eigenvalue weighted by atomic mass is 32.2. The van der Waals surface area contributed by atoms with Crippen molar-refractivity contribution in [3.8, 4) is 0 Å². The zero-order valence-corrected chi connectivity index (χ0v) is 14.0. The maximum absolute atomic E-state index is 6.40. The van der Waals surface area contributed by atoms with Crippen molar-refractivity contribution in [2.45, 2.75) is 51.4 Å². The average molecular weight is 292 g/mol. The highest BCUT2D eigenvalue weighted by Gasteiger charge is 2.25. The van der Waals surface area contributed by atoms with Gasteiger partial charge < -0.3 is 5.73 Å². The zero-order valence-electron chi connectivity index (χ0n) is 13.2. The van der Waals surface area contributed by atoms with Crippen molar-refractivity contribution < 1.29 is 0 Å². The van der Waals surface area contributed by atoms with E-state index in [1.807, 2.05) is 0 Å². The smallest absolute Gasteiger partial charge is 0.0307 e. The number of hydrogen-bond acceptors (Lipinski definition) is 3. The molecule has 2 nitrogen and oxygen atoms in total. The first kappa shape index (κ1) is 15.9. The maximum atomic E-state index is 6.40. The van der Waals surface area contributed by atoms with Crippen LogP contribution in [-0.4, -0.2) is 35.0 Å². The summed E-state index contributed by atoms with van der Waals surface area (Å²) in [5.74, 6) is 1.25. The van der Waals surface area contributed by atoms with E-state index >= 15 is 0 Å². The molecule has 3 unspecified atom stereocenters. The lowest BCUT2D eigenvalue weighted by Crippen LogP contribution is -2.45. The first-order valence-electron chi connectivity index (χ1n) is 7.67. The molecule has 0 radical (unpaired) electrons. The van der Waals surface area contributed by atoms with Crippen LogP contribution in [-0.2, 0) is 0 Å². The summed E-state index contributed by atoms with van der Waals surface area (Å²) in [6.45, 7) is 11.3. The molecule has 0 aromatic heterocycles. The molecule has 1 aromatic carbocycles. The molecule has 0 spiro atoms. The maximum Gasteiger partial charge on any atom is 0.0307 e. The number of hydrogen-bond donors (Lipinski definition) is 1. The second kappa shape index (κ2) is 6.97. The van der Waals surface area contributed by atoms with Gasteiger partial charge in [0.25, 0.3) is 0 Å². The Morgan fingerprint density at radius 2 is 1.90 bits per heavy atom. The van der Waals surface area contributed by atoms with Crippen LogP contribution in [0.1, 0.15) is 43.0 Å². The summed E-state index contributed by atoms with van der Waals surface area (Å²) >= 11 is 2.09. The zero-order chi connectivity index (χ0) is 14.7. The lowest BCUT2D eigenvalue weighted by Gasteiger charge is -2.38. The Morgan fingerprint density at radius 1 is 1.25 bits per heavy atom. The van der Waals surface area contributed by atoms with Gasteiger partial charge in [0, 0.05) is 36.2 Å². The van der Waals surface area contributed by atoms with Crippen molar-refractivity contribution in [3.63, 3.8) is 0 Å². The first-order chi connectivity index (χ1) is 9.47.